The van der Waals surface area contributed by atoms with Crippen LogP contribution in [0.3, 0.4) is 0 Å². The first-order valence-electron chi connectivity index (χ1n) is 11.7. The number of aliphatic imine (C=N–C) groups is 1. The lowest BCUT2D eigenvalue weighted by Crippen LogP contribution is -2.37. The van der Waals surface area contributed by atoms with Gasteiger partial charge in [-0.15, -0.1) is 0 Å². The molecule has 0 amide bonds. The van der Waals surface area contributed by atoms with Gasteiger partial charge in [-0.1, -0.05) is 19.3 Å². The van der Waals surface area contributed by atoms with Crippen LogP contribution < -0.4 is 10.6 Å². The van der Waals surface area contributed by atoms with Gasteiger partial charge < -0.3 is 24.8 Å². The summed E-state index contributed by atoms with van der Waals surface area (Å²) in [6.07, 6.45) is 12.8. The van der Waals surface area contributed by atoms with Crippen molar-refractivity contribution in [2.75, 3.05) is 52.7 Å². The Morgan fingerprint density at radius 3 is 2.68 bits per heavy atom. The summed E-state index contributed by atoms with van der Waals surface area (Å²) in [6.45, 7) is 9.03. The number of nitrogens with one attached hydrogen (secondary N) is 2. The molecule has 2 N–H and O–H groups in total. The van der Waals surface area contributed by atoms with Crippen molar-refractivity contribution in [3.05, 3.63) is 0 Å². The Kier molecular flexibility index (Phi) is 13.4. The Bertz CT molecular complexity index is 394. The largest absolute Gasteiger partial charge is 0.381 e. The molecule has 164 valence electrons. The lowest BCUT2D eigenvalue weighted by atomic mass is 9.98. The van der Waals surface area contributed by atoms with Gasteiger partial charge in [0.15, 0.2) is 5.96 Å². The second-order valence-electron chi connectivity index (χ2n) is 8.04. The molecule has 6 heteroatoms. The monoisotopic (exact) mass is 397 g/mol. The minimum atomic E-state index is 0.537. The highest BCUT2D eigenvalue weighted by Gasteiger charge is 2.15. The number of unbranched alkanes of at least 4 members (excludes halogenated alkanes) is 2. The van der Waals surface area contributed by atoms with Crippen molar-refractivity contribution in [2.24, 2.45) is 10.9 Å². The van der Waals surface area contributed by atoms with Crippen molar-refractivity contribution in [3.8, 4) is 0 Å². The highest BCUT2D eigenvalue weighted by molar-refractivity contribution is 5.79. The van der Waals surface area contributed by atoms with Crippen molar-refractivity contribution in [3.63, 3.8) is 0 Å². The summed E-state index contributed by atoms with van der Waals surface area (Å²) in [5, 5.41) is 6.76. The molecule has 6 nitrogen and oxygen atoms in total. The van der Waals surface area contributed by atoms with E-state index < -0.39 is 0 Å². The number of hydrogen-bond donors (Lipinski definition) is 2. The summed E-state index contributed by atoms with van der Waals surface area (Å²) >= 11 is 0. The first kappa shape index (κ1) is 23.4. The third-order valence-electron chi connectivity index (χ3n) is 5.46. The zero-order chi connectivity index (χ0) is 19.7. The molecule has 1 unspecified atom stereocenters. The molecular formula is C22H43N3O3. The fourth-order valence-electron chi connectivity index (χ4n) is 3.76. The standard InChI is InChI=1S/C22H43N3O3/c1-2-23-22(25-14-9-15-26-18-20-12-17-27-19-20)24-13-7-4-8-16-28-21-10-5-3-6-11-21/h20-21H,2-19H2,1H3,(H2,23,24,25). The van der Waals surface area contributed by atoms with Crippen LogP contribution in [-0.2, 0) is 14.2 Å². The van der Waals surface area contributed by atoms with Crippen molar-refractivity contribution >= 4 is 5.96 Å². The second-order valence-corrected chi connectivity index (χ2v) is 8.04. The predicted octanol–water partition coefficient (Wildman–Crippen LogP) is 3.50. The molecule has 2 aliphatic rings. The highest BCUT2D eigenvalue weighted by atomic mass is 16.5. The van der Waals surface area contributed by atoms with Crippen LogP contribution in [0.2, 0.25) is 0 Å². The summed E-state index contributed by atoms with van der Waals surface area (Å²) in [5.41, 5.74) is 0. The van der Waals surface area contributed by atoms with E-state index in [1.54, 1.807) is 0 Å². The molecule has 1 aliphatic heterocycles. The van der Waals surface area contributed by atoms with Gasteiger partial charge in [0, 0.05) is 45.4 Å². The van der Waals surface area contributed by atoms with E-state index in [2.05, 4.69) is 22.5 Å². The van der Waals surface area contributed by atoms with Crippen molar-refractivity contribution in [1.29, 1.82) is 0 Å². The van der Waals surface area contributed by atoms with E-state index in [4.69, 9.17) is 14.2 Å². The minimum Gasteiger partial charge on any atom is -0.381 e. The first-order chi connectivity index (χ1) is 13.9. The third-order valence-corrected chi connectivity index (χ3v) is 5.46. The average Bonchev–Trinajstić information content (AvgIpc) is 3.24. The quantitative estimate of drug-likeness (QED) is 0.267. The Balaban J connectivity index is 1.42. The van der Waals surface area contributed by atoms with E-state index in [1.165, 1.54) is 38.5 Å². The van der Waals surface area contributed by atoms with Crippen LogP contribution in [0.4, 0.5) is 0 Å². The van der Waals surface area contributed by atoms with Gasteiger partial charge in [-0.25, -0.2) is 0 Å². The number of rotatable bonds is 14. The maximum atomic E-state index is 5.99. The smallest absolute Gasteiger partial charge is 0.191 e. The number of hydrogen-bond acceptors (Lipinski definition) is 4. The van der Waals surface area contributed by atoms with Crippen LogP contribution in [0.15, 0.2) is 4.99 Å². The minimum absolute atomic E-state index is 0.537. The summed E-state index contributed by atoms with van der Waals surface area (Å²) in [6, 6.07) is 0. The van der Waals surface area contributed by atoms with Gasteiger partial charge in [0.05, 0.1) is 19.3 Å². The van der Waals surface area contributed by atoms with Gasteiger partial charge in [0.25, 0.3) is 0 Å². The van der Waals surface area contributed by atoms with Gasteiger partial charge in [-0.3, -0.25) is 4.99 Å². The van der Waals surface area contributed by atoms with Crippen LogP contribution in [0, 0.1) is 5.92 Å². The molecule has 2 fully saturated rings. The Labute approximate surface area is 172 Å². The van der Waals surface area contributed by atoms with Crippen molar-refractivity contribution in [1.82, 2.24) is 10.6 Å². The van der Waals surface area contributed by atoms with Crippen LogP contribution in [0.1, 0.15) is 71.1 Å². The molecule has 28 heavy (non-hydrogen) atoms. The van der Waals surface area contributed by atoms with Crippen LogP contribution in [0.5, 0.6) is 0 Å². The lowest BCUT2D eigenvalue weighted by Gasteiger charge is -2.21. The van der Waals surface area contributed by atoms with E-state index in [9.17, 15) is 0 Å². The average molecular weight is 398 g/mol. The van der Waals surface area contributed by atoms with Gasteiger partial charge in [0.2, 0.25) is 0 Å². The molecule has 1 heterocycles. The Morgan fingerprint density at radius 1 is 1.00 bits per heavy atom. The molecule has 1 aliphatic carbocycles. The van der Waals surface area contributed by atoms with E-state index in [0.29, 0.717) is 12.0 Å². The first-order valence-corrected chi connectivity index (χ1v) is 11.7. The van der Waals surface area contributed by atoms with Crippen molar-refractivity contribution < 1.29 is 14.2 Å². The maximum absolute atomic E-state index is 5.99. The summed E-state index contributed by atoms with van der Waals surface area (Å²) in [4.78, 5) is 4.64. The molecule has 2 rings (SSSR count). The van der Waals surface area contributed by atoms with Crippen molar-refractivity contribution in [2.45, 2.75) is 77.2 Å². The fourth-order valence-corrected chi connectivity index (χ4v) is 3.76. The zero-order valence-corrected chi connectivity index (χ0v) is 18.1. The van der Waals surface area contributed by atoms with Gasteiger partial charge in [0.1, 0.15) is 0 Å². The number of guanidine groups is 1. The second kappa shape index (κ2) is 16.0. The molecule has 0 aromatic heterocycles. The molecule has 0 aromatic rings. The van der Waals surface area contributed by atoms with Crippen LogP contribution >= 0.6 is 0 Å². The van der Waals surface area contributed by atoms with Crippen LogP contribution in [0.25, 0.3) is 0 Å². The summed E-state index contributed by atoms with van der Waals surface area (Å²) in [5.74, 6) is 1.51. The normalized spacial score (nSPS) is 21.2. The van der Waals surface area contributed by atoms with Gasteiger partial charge in [-0.2, -0.15) is 0 Å². The lowest BCUT2D eigenvalue weighted by molar-refractivity contribution is 0.0264. The molecule has 0 radical (unpaired) electrons. The van der Waals surface area contributed by atoms with E-state index >= 15 is 0 Å². The molecule has 1 atom stereocenters. The molecular weight excluding hydrogens is 354 g/mol. The summed E-state index contributed by atoms with van der Waals surface area (Å²) in [7, 11) is 0. The Morgan fingerprint density at radius 2 is 1.89 bits per heavy atom. The molecule has 0 spiro atoms. The molecule has 0 bridgehead atoms. The SMILES string of the molecule is CCNC(=NCCCOCC1CCOC1)NCCCCCOC1CCCCC1. The van der Waals surface area contributed by atoms with Gasteiger partial charge in [-0.05, 0) is 51.9 Å². The Hall–Kier alpha value is -0.850. The number of ether oxygens (including phenoxy) is 3. The third kappa shape index (κ3) is 11.2. The predicted molar refractivity (Wildman–Crippen MR) is 115 cm³/mol. The topological polar surface area (TPSA) is 64.1 Å². The maximum Gasteiger partial charge on any atom is 0.191 e. The van der Waals surface area contributed by atoms with E-state index in [0.717, 1.165) is 84.3 Å². The van der Waals surface area contributed by atoms with E-state index in [1.807, 2.05) is 0 Å². The molecule has 1 saturated heterocycles. The molecule has 1 saturated carbocycles. The van der Waals surface area contributed by atoms with Gasteiger partial charge >= 0.3 is 0 Å². The number of nitrogens with zero attached hydrogens (tertiary/aromatic N) is 1. The van der Waals surface area contributed by atoms with Crippen LogP contribution in [-0.4, -0.2) is 64.7 Å². The zero-order valence-electron chi connectivity index (χ0n) is 18.1. The highest BCUT2D eigenvalue weighted by Crippen LogP contribution is 2.20. The van der Waals surface area contributed by atoms with E-state index in [-0.39, 0.29) is 0 Å². The fraction of sp³-hybridized carbons (Fsp3) is 0.955. The summed E-state index contributed by atoms with van der Waals surface area (Å²) < 4.78 is 17.1. The molecule has 0 aromatic carbocycles.